The molecule has 0 spiro atoms. The third-order valence-electron chi connectivity index (χ3n) is 16.3. The molecule has 38 nitrogen and oxygen atoms in total. The average molecular weight is 2150 g/mol. The number of esters is 2. The Balaban J connectivity index is -0.000000810. The number of aromatic nitrogens is 10. The van der Waals surface area contributed by atoms with E-state index in [0.29, 0.717) is 39.2 Å². The maximum atomic E-state index is 12.7. The Labute approximate surface area is 959 Å². The van der Waals surface area contributed by atoms with E-state index in [-0.39, 0.29) is 173 Å². The number of nitrogens with zero attached hydrogens (tertiary/aromatic N) is 17. The zero-order chi connectivity index (χ0) is 104. The summed E-state index contributed by atoms with van der Waals surface area (Å²) in [7, 11) is -1.00. The molecule has 0 aliphatic carbocycles. The van der Waals surface area contributed by atoms with Gasteiger partial charge in [-0.1, -0.05) is 76.6 Å². The first-order chi connectivity index (χ1) is 64.1. The molecule has 3 fully saturated rings. The van der Waals surface area contributed by atoms with Gasteiger partial charge >= 0.3 is 181 Å². The van der Waals surface area contributed by atoms with Crippen LogP contribution < -0.4 is 158 Å². The molecule has 2 N–H and O–H groups in total. The normalized spacial score (nSPS) is 13.2. The second kappa shape index (κ2) is 68.0. The van der Waals surface area contributed by atoms with Crippen LogP contribution in [0.1, 0.15) is 216 Å². The number of benzene rings is 2. The Bertz CT molecular complexity index is 4630. The van der Waals surface area contributed by atoms with Crippen molar-refractivity contribution in [1.29, 1.82) is 0 Å². The monoisotopic (exact) mass is 2140 g/mol. The number of ether oxygens (including phenoxy) is 8. The first-order valence-electron chi connectivity index (χ1n) is 44.5. The number of rotatable bonds is 16. The van der Waals surface area contributed by atoms with E-state index >= 15 is 0 Å². The molecular formula is C94H141BrCl3FK2N19NaO19. The van der Waals surface area contributed by atoms with Gasteiger partial charge in [-0.25, -0.2) is 93.3 Å². The first kappa shape index (κ1) is 133. The Kier molecular flexibility index (Phi) is 64.8. The van der Waals surface area contributed by atoms with E-state index in [1.54, 1.807) is 216 Å². The molecule has 3 aliphatic heterocycles. The second-order valence-electron chi connectivity index (χ2n) is 38.3. The number of piperazine rings is 3. The molecule has 0 saturated carbocycles. The number of halogens is 5. The standard InChI is InChI=1S/C26H37N5O4.C19H31N5O4.C15H22ClN3O4.C11H16N2.C11H20O4.C5H4BrClN2.C5H5ClN2.CH3F.CH2O3.2K.Na.2H/c1-25(2,3)34-23(32)31(24(33)35-26(4,5)6)19-21-16-27-22(28-17-21)30-14-12-29(13-15-30)18-20-10-8-7-9-11-20;1-18(2,3)27-16(25)24(17(26)28-19(4,5)6)13-14-11-21-15(22-12-14)23-9-7-20-8-10-23;1-14(2,3)22-12(20)19(13(21)23-15(4,5)6)9-10-7-17-11(16)18-8-10;1-2-4-11(5-3-1)10-13-8-6-12-7-9-13;1-10(2,3)14-8(12)7-9(13)15-11(4,5)6;6-1-4-2-8-5(7)9-3-4;1-4-2-7-5(6)8-3-4;1-2;2-1-4-3;;;;;/h7-11,16-17H,12-15,18-19H2,1-6H3;11-12,20H,7-10,13H2,1-6H3;7-8H,9H2,1-6H3;1-5,12H,6-10H2;7H2,1-6H3;2-3H,1H2;2-3H,1H3;1H3;1,3H;;;;;/q;;;;;;;;;3*+1;2*-1/p-1/i;;;;;;;1D;;;;;;. The second-order valence-corrected chi connectivity index (χ2v) is 39.9. The minimum absolute atomic E-state index is 0. The molecule has 5 aromatic heterocycles. The van der Waals surface area contributed by atoms with Crippen molar-refractivity contribution >= 4 is 118 Å². The van der Waals surface area contributed by atoms with Gasteiger partial charge in [0.1, 0.15) is 51.2 Å². The van der Waals surface area contributed by atoms with Gasteiger partial charge in [-0.05, 0) is 230 Å². The molecule has 6 amide bonds. The number of hydrogen-bond donors (Lipinski definition) is 2. The van der Waals surface area contributed by atoms with Crippen LogP contribution in [0, 0.1) is 6.92 Å². The van der Waals surface area contributed by atoms with Crippen LogP contribution in [-0.2, 0) is 95.2 Å². The van der Waals surface area contributed by atoms with Crippen molar-refractivity contribution in [2.24, 2.45) is 0 Å². The van der Waals surface area contributed by atoms with Crippen LogP contribution >= 0.6 is 50.7 Å². The molecule has 8 heterocycles. The number of amides is 6. The summed E-state index contributed by atoms with van der Waals surface area (Å²) >= 11 is 19.7. The fourth-order valence-corrected chi connectivity index (χ4v) is 11.4. The molecule has 3 aliphatic rings. The Hall–Kier alpha value is -6.58. The van der Waals surface area contributed by atoms with Crippen molar-refractivity contribution in [3.63, 3.8) is 0 Å². The van der Waals surface area contributed by atoms with E-state index in [4.69, 9.17) is 84.1 Å². The minimum Gasteiger partial charge on any atom is -1.00 e. The molecule has 10 rings (SSSR count). The van der Waals surface area contributed by atoms with Crippen LogP contribution in [0.4, 0.5) is 45.1 Å². The summed E-state index contributed by atoms with van der Waals surface area (Å²) in [6.45, 7) is 56.8. The molecule has 7 aromatic rings. The van der Waals surface area contributed by atoms with Crippen molar-refractivity contribution in [1.82, 2.24) is 85.0 Å². The molecule has 0 radical (unpaired) electrons. The van der Waals surface area contributed by atoms with Gasteiger partial charge in [-0.2, -0.15) is 0 Å². The fourth-order valence-electron chi connectivity index (χ4n) is 10.8. The van der Waals surface area contributed by atoms with Crippen LogP contribution in [0.15, 0.2) is 123 Å². The van der Waals surface area contributed by atoms with Crippen LogP contribution in [0.25, 0.3) is 0 Å². The number of carbonyl (C=O) groups excluding carboxylic acids is 9. The number of anilines is 2. The summed E-state index contributed by atoms with van der Waals surface area (Å²) in [6.07, 6.45) is 11.1. The van der Waals surface area contributed by atoms with Gasteiger partial charge in [-0.3, -0.25) is 28.6 Å². The molecule has 0 unspecified atom stereocenters. The van der Waals surface area contributed by atoms with E-state index in [9.17, 15) is 42.7 Å². The SMILES string of the molecule is CC(C)(C)OC(=O)CC(=O)OC(C)(C)C.CC(C)(C)OC(=O)N(Cc1cnc(Cl)nc1)C(=O)OC(C)(C)C.CC(C)(C)OC(=O)N(Cc1cnc(N2CCN(Cc3ccccc3)CC2)nc1)C(=O)OC(C)(C)C.CC(C)(C)OC(=O)N(Cc1cnc(N2CCNCC2)nc1)C(=O)OC(C)(C)C.Cc1cnc(Cl)nc1.Clc1ncc(CBr)cn1.O=CO[O-].[2H]CF.[H-].[H-].[K+].[K+].[Na+].c1ccc(CN2CCNCC2)cc1. The first-order valence-corrected chi connectivity index (χ1v) is 46.1. The zero-order valence-electron chi connectivity index (χ0n) is 89.5. The largest absolute Gasteiger partial charge is 1.00 e. The molecule has 140 heavy (non-hydrogen) atoms. The quantitative estimate of drug-likeness (QED) is 0.0108. The van der Waals surface area contributed by atoms with Gasteiger partial charge in [0.15, 0.2) is 0 Å². The molecule has 764 valence electrons. The molecule has 0 bridgehead atoms. The predicted octanol–water partition coefficient (Wildman–Crippen LogP) is 7.70. The third-order valence-corrected chi connectivity index (χ3v) is 17.5. The van der Waals surface area contributed by atoms with E-state index in [2.05, 4.69) is 155 Å². The van der Waals surface area contributed by atoms with Crippen LogP contribution in [0.5, 0.6) is 0 Å². The van der Waals surface area contributed by atoms with E-state index < -0.39 is 100 Å². The van der Waals surface area contributed by atoms with Crippen molar-refractivity contribution in [2.75, 3.05) is 95.5 Å². The molecule has 46 heteroatoms. The number of imide groups is 3. The molecular weight excluding hydrogens is 2010 g/mol. The van der Waals surface area contributed by atoms with Gasteiger partial charge < -0.3 is 71.3 Å². The summed E-state index contributed by atoms with van der Waals surface area (Å²) in [5, 5.41) is 16.5. The topological polar surface area (TPSA) is 435 Å². The van der Waals surface area contributed by atoms with Crippen molar-refractivity contribution in [2.45, 2.75) is 262 Å². The Morgan fingerprint density at radius 1 is 0.400 bits per heavy atom. The number of aryl methyl sites for hydroxylation is 1. The Morgan fingerprint density at radius 3 is 0.871 bits per heavy atom. The van der Waals surface area contributed by atoms with Gasteiger partial charge in [0.25, 0.3) is 6.47 Å². The zero-order valence-corrected chi connectivity index (χ0v) is 98.6. The number of nitrogens with one attached hydrogen (secondary N) is 2. The summed E-state index contributed by atoms with van der Waals surface area (Å²) in [6, 6.07) is 21.1. The fraction of sp³-hybridized carbons (Fsp3) is 0.564. The number of carbonyl (C=O) groups is 9. The van der Waals surface area contributed by atoms with Crippen molar-refractivity contribution in [3.8, 4) is 0 Å². The predicted molar refractivity (Wildman–Crippen MR) is 523 cm³/mol. The average Bonchev–Trinajstić information content (AvgIpc) is 0.836. The van der Waals surface area contributed by atoms with Gasteiger partial charge in [-0.15, -0.1) is 0 Å². The van der Waals surface area contributed by atoms with E-state index in [1.165, 1.54) is 36.6 Å². The number of hydrogen-bond acceptors (Lipinski definition) is 35. The maximum Gasteiger partial charge on any atom is 1.00 e. The Morgan fingerprint density at radius 2 is 0.629 bits per heavy atom. The summed E-state index contributed by atoms with van der Waals surface area (Å²) < 4.78 is 57.5. The van der Waals surface area contributed by atoms with Crippen molar-refractivity contribution in [3.05, 3.63) is 177 Å². The van der Waals surface area contributed by atoms with Gasteiger partial charge in [0, 0.05) is 176 Å². The molecule has 0 atom stereocenters. The van der Waals surface area contributed by atoms with Gasteiger partial charge in [0.05, 0.1) is 28.2 Å². The summed E-state index contributed by atoms with van der Waals surface area (Å²) in [5.74, 6) is 0.147. The maximum absolute atomic E-state index is 12.7. The van der Waals surface area contributed by atoms with Gasteiger partial charge in [0.2, 0.25) is 27.7 Å². The van der Waals surface area contributed by atoms with Crippen molar-refractivity contribution < 1.29 is 232 Å². The van der Waals surface area contributed by atoms with E-state index in [0.717, 1.165) is 110 Å². The van der Waals surface area contributed by atoms with Crippen LogP contribution in [-0.4, -0.2) is 260 Å². The van der Waals surface area contributed by atoms with Crippen LogP contribution in [0.2, 0.25) is 15.9 Å². The summed E-state index contributed by atoms with van der Waals surface area (Å²) in [4.78, 5) is 161. The molecule has 3 saturated heterocycles. The number of alkyl halides is 2. The van der Waals surface area contributed by atoms with E-state index in [1.807, 2.05) is 13.0 Å². The minimum atomic E-state index is -1.00. The molecule has 2 aromatic carbocycles. The summed E-state index contributed by atoms with van der Waals surface area (Å²) in [5.41, 5.74) is 0.912. The van der Waals surface area contributed by atoms with Crippen LogP contribution in [0.3, 0.4) is 0 Å². The smallest absolute Gasteiger partial charge is 1.00 e. The third kappa shape index (κ3) is 65.7.